The minimum Gasteiger partial charge on any atom is -0.337 e. The van der Waals surface area contributed by atoms with E-state index in [-0.39, 0.29) is 16.3 Å². The second-order valence-electron chi connectivity index (χ2n) is 6.65. The second-order valence-corrected chi connectivity index (χ2v) is 8.98. The van der Waals surface area contributed by atoms with Crippen molar-refractivity contribution in [3.8, 4) is 11.4 Å². The van der Waals surface area contributed by atoms with E-state index in [1.807, 2.05) is 0 Å². The molecule has 0 N–H and O–H groups in total. The highest BCUT2D eigenvalue weighted by molar-refractivity contribution is 7.89. The first-order valence-corrected chi connectivity index (χ1v) is 10.6. The summed E-state index contributed by atoms with van der Waals surface area (Å²) in [6.45, 7) is 1.86. The normalized spacial score (nSPS) is 17.9. The molecule has 6 nitrogen and oxygen atoms in total. The third-order valence-electron chi connectivity index (χ3n) is 4.75. The Balaban J connectivity index is 1.66. The Hall–Kier alpha value is -2.29. The molecule has 4 rings (SSSR count). The highest BCUT2D eigenvalue weighted by Gasteiger charge is 2.39. The first-order chi connectivity index (χ1) is 13.4. The number of nitrogens with zero attached hydrogens (tertiary/aromatic N) is 3. The van der Waals surface area contributed by atoms with E-state index in [0.29, 0.717) is 35.8 Å². The van der Waals surface area contributed by atoms with Gasteiger partial charge in [-0.15, -0.1) is 0 Å². The van der Waals surface area contributed by atoms with Gasteiger partial charge in [-0.05, 0) is 55.7 Å². The summed E-state index contributed by atoms with van der Waals surface area (Å²) >= 11 is 6.00. The van der Waals surface area contributed by atoms with Gasteiger partial charge in [0.2, 0.25) is 21.7 Å². The van der Waals surface area contributed by atoms with Crippen LogP contribution in [-0.4, -0.2) is 29.4 Å². The lowest BCUT2D eigenvalue weighted by Gasteiger charge is -2.21. The molecule has 1 aliphatic heterocycles. The van der Waals surface area contributed by atoms with Crippen molar-refractivity contribution >= 4 is 21.6 Å². The third kappa shape index (κ3) is 3.43. The topological polar surface area (TPSA) is 76.3 Å². The highest BCUT2D eigenvalue weighted by atomic mass is 35.5. The molecule has 0 aliphatic carbocycles. The number of aromatic nitrogens is 2. The lowest BCUT2D eigenvalue weighted by atomic mass is 10.2. The van der Waals surface area contributed by atoms with Crippen molar-refractivity contribution in [1.29, 1.82) is 0 Å². The summed E-state index contributed by atoms with van der Waals surface area (Å²) in [6, 6.07) is 10.2. The molecule has 0 saturated carbocycles. The van der Waals surface area contributed by atoms with Crippen molar-refractivity contribution in [2.45, 2.75) is 30.7 Å². The van der Waals surface area contributed by atoms with Crippen LogP contribution in [0.25, 0.3) is 11.4 Å². The van der Waals surface area contributed by atoms with E-state index in [1.54, 1.807) is 24.3 Å². The molecule has 0 spiro atoms. The first-order valence-electron chi connectivity index (χ1n) is 8.74. The van der Waals surface area contributed by atoms with Gasteiger partial charge in [-0.3, -0.25) is 0 Å². The average molecular weight is 422 g/mol. The lowest BCUT2D eigenvalue weighted by Crippen LogP contribution is -2.31. The zero-order chi connectivity index (χ0) is 19.9. The van der Waals surface area contributed by atoms with E-state index in [2.05, 4.69) is 10.1 Å². The molecule has 0 unspecified atom stereocenters. The highest BCUT2D eigenvalue weighted by Crippen LogP contribution is 2.36. The van der Waals surface area contributed by atoms with Gasteiger partial charge in [0.25, 0.3) is 0 Å². The number of benzene rings is 2. The quantitative estimate of drug-likeness (QED) is 0.625. The van der Waals surface area contributed by atoms with Gasteiger partial charge >= 0.3 is 0 Å². The molecule has 3 aromatic rings. The Labute approximate surface area is 167 Å². The fraction of sp³-hybridized carbons (Fsp3) is 0.263. The molecule has 1 saturated heterocycles. The monoisotopic (exact) mass is 421 g/mol. The molecule has 1 atom stereocenters. The third-order valence-corrected chi connectivity index (χ3v) is 6.89. The maximum absolute atomic E-state index is 13.5. The van der Waals surface area contributed by atoms with Crippen molar-refractivity contribution in [1.82, 2.24) is 14.4 Å². The SMILES string of the molecule is Cc1cc(S(=O)(=O)N2CCC[C@H]2c2nc(-c3cccc(Cl)c3)no2)ccc1F. The molecule has 0 amide bonds. The summed E-state index contributed by atoms with van der Waals surface area (Å²) in [5.74, 6) is 0.134. The van der Waals surface area contributed by atoms with Crippen LogP contribution in [0, 0.1) is 12.7 Å². The molecule has 2 heterocycles. The number of rotatable bonds is 4. The standard InChI is InChI=1S/C19H17ClFN3O3S/c1-12-10-15(7-8-16(12)21)28(25,26)24-9-3-6-17(24)19-22-18(23-27-19)13-4-2-5-14(20)11-13/h2,4-5,7-8,10-11,17H,3,6,9H2,1H3/t17-/m0/s1. The number of hydrogen-bond donors (Lipinski definition) is 0. The van der Waals surface area contributed by atoms with Crippen molar-refractivity contribution in [2.75, 3.05) is 6.54 Å². The Kier molecular flexibility index (Phi) is 4.95. The molecule has 1 aromatic heterocycles. The minimum absolute atomic E-state index is 0.0490. The molecule has 1 fully saturated rings. The van der Waals surface area contributed by atoms with E-state index in [0.717, 1.165) is 6.07 Å². The van der Waals surface area contributed by atoms with Crippen LogP contribution >= 0.6 is 11.6 Å². The van der Waals surface area contributed by atoms with Gasteiger partial charge in [0.15, 0.2) is 0 Å². The van der Waals surface area contributed by atoms with Gasteiger partial charge in [0.05, 0.1) is 4.90 Å². The van der Waals surface area contributed by atoms with E-state index in [1.165, 1.54) is 23.4 Å². The number of sulfonamides is 1. The van der Waals surface area contributed by atoms with Gasteiger partial charge in [-0.2, -0.15) is 9.29 Å². The van der Waals surface area contributed by atoms with Crippen LogP contribution in [0.2, 0.25) is 5.02 Å². The van der Waals surface area contributed by atoms with Crippen molar-refractivity contribution < 1.29 is 17.3 Å². The largest absolute Gasteiger partial charge is 0.337 e. The Bertz CT molecular complexity index is 1130. The van der Waals surface area contributed by atoms with Crippen molar-refractivity contribution in [3.63, 3.8) is 0 Å². The fourth-order valence-electron chi connectivity index (χ4n) is 3.30. The Morgan fingerprint density at radius 2 is 2.07 bits per heavy atom. The van der Waals surface area contributed by atoms with Crippen LogP contribution in [0.15, 0.2) is 51.9 Å². The number of halogens is 2. The molecular formula is C19H17ClFN3O3S. The van der Waals surface area contributed by atoms with Gasteiger partial charge in [-0.1, -0.05) is 28.9 Å². The lowest BCUT2D eigenvalue weighted by molar-refractivity contribution is 0.290. The van der Waals surface area contributed by atoms with E-state index >= 15 is 0 Å². The van der Waals surface area contributed by atoms with Crippen LogP contribution < -0.4 is 0 Å². The van der Waals surface area contributed by atoms with E-state index < -0.39 is 21.9 Å². The minimum atomic E-state index is -3.82. The summed E-state index contributed by atoms with van der Waals surface area (Å²) in [5.41, 5.74) is 0.960. The molecule has 0 bridgehead atoms. The molecule has 28 heavy (non-hydrogen) atoms. The molecule has 2 aromatic carbocycles. The summed E-state index contributed by atoms with van der Waals surface area (Å²) in [7, 11) is -3.82. The second kappa shape index (κ2) is 7.27. The maximum Gasteiger partial charge on any atom is 0.245 e. The van der Waals surface area contributed by atoms with E-state index in [4.69, 9.17) is 16.1 Å². The van der Waals surface area contributed by atoms with Gasteiger partial charge < -0.3 is 4.52 Å². The number of aryl methyl sites for hydroxylation is 1. The Morgan fingerprint density at radius 1 is 1.25 bits per heavy atom. The summed E-state index contributed by atoms with van der Waals surface area (Å²) in [4.78, 5) is 4.44. The molecule has 1 aliphatic rings. The van der Waals surface area contributed by atoms with Crippen LogP contribution in [0.3, 0.4) is 0 Å². The van der Waals surface area contributed by atoms with E-state index in [9.17, 15) is 12.8 Å². The zero-order valence-electron chi connectivity index (χ0n) is 15.0. The molecular weight excluding hydrogens is 405 g/mol. The molecule has 0 radical (unpaired) electrons. The smallest absolute Gasteiger partial charge is 0.245 e. The van der Waals surface area contributed by atoms with Gasteiger partial charge in [-0.25, -0.2) is 12.8 Å². The average Bonchev–Trinajstić information content (AvgIpc) is 3.33. The summed E-state index contributed by atoms with van der Waals surface area (Å²) < 4.78 is 46.5. The fourth-order valence-corrected chi connectivity index (χ4v) is 5.23. The molecule has 146 valence electrons. The zero-order valence-corrected chi connectivity index (χ0v) is 16.5. The Morgan fingerprint density at radius 3 is 2.82 bits per heavy atom. The summed E-state index contributed by atoms with van der Waals surface area (Å²) in [6.07, 6.45) is 1.23. The van der Waals surface area contributed by atoms with Crippen LogP contribution in [0.1, 0.15) is 30.3 Å². The van der Waals surface area contributed by atoms with Crippen molar-refractivity contribution in [3.05, 3.63) is 64.8 Å². The van der Waals surface area contributed by atoms with Gasteiger partial charge in [0.1, 0.15) is 11.9 Å². The first kappa shape index (κ1) is 19.0. The predicted molar refractivity (Wildman–Crippen MR) is 102 cm³/mol. The maximum atomic E-state index is 13.5. The van der Waals surface area contributed by atoms with Crippen LogP contribution in [0.4, 0.5) is 4.39 Å². The predicted octanol–water partition coefficient (Wildman–Crippen LogP) is 4.36. The molecule has 9 heteroatoms. The number of hydrogen-bond acceptors (Lipinski definition) is 5. The van der Waals surface area contributed by atoms with Gasteiger partial charge in [0, 0.05) is 17.1 Å². The van der Waals surface area contributed by atoms with Crippen LogP contribution in [-0.2, 0) is 10.0 Å². The van der Waals surface area contributed by atoms with Crippen molar-refractivity contribution in [2.24, 2.45) is 0 Å². The summed E-state index contributed by atoms with van der Waals surface area (Å²) in [5, 5.41) is 4.51. The van der Waals surface area contributed by atoms with Crippen LogP contribution in [0.5, 0.6) is 0 Å².